The van der Waals surface area contributed by atoms with E-state index in [0.717, 1.165) is 0 Å². The van der Waals surface area contributed by atoms with Crippen LogP contribution in [0.4, 0.5) is 11.4 Å². The molecule has 0 aromatic heterocycles. The molecule has 0 heterocycles. The maximum atomic E-state index is 12.4. The van der Waals surface area contributed by atoms with Crippen LogP contribution in [-0.4, -0.2) is 18.9 Å². The average molecular weight is 301 g/mol. The average Bonchev–Trinajstić information content (AvgIpc) is 2.37. The maximum absolute atomic E-state index is 12.4. The van der Waals surface area contributed by atoms with Crippen molar-refractivity contribution in [3.63, 3.8) is 0 Å². The standard InChI is InChI=1S/C12H19N3O4S/c1-4-12(3,5-2)14-20(18,19)10-8-6-7-9(13)11(10)15(16)17/h6-8,14H,4-5,13H2,1-3H3. The van der Waals surface area contributed by atoms with Crippen molar-refractivity contribution in [2.45, 2.75) is 44.0 Å². The molecule has 0 bridgehead atoms. The first kappa shape index (κ1) is 16.4. The topological polar surface area (TPSA) is 115 Å². The molecule has 0 amide bonds. The maximum Gasteiger partial charge on any atom is 0.312 e. The molecule has 0 aliphatic carbocycles. The first-order valence-electron chi connectivity index (χ1n) is 6.23. The summed E-state index contributed by atoms with van der Waals surface area (Å²) in [4.78, 5) is 9.84. The molecule has 0 atom stereocenters. The van der Waals surface area contributed by atoms with Crippen LogP contribution in [0.5, 0.6) is 0 Å². The van der Waals surface area contributed by atoms with Gasteiger partial charge in [0.1, 0.15) is 5.69 Å². The van der Waals surface area contributed by atoms with Crippen molar-refractivity contribution in [3.8, 4) is 0 Å². The van der Waals surface area contributed by atoms with Gasteiger partial charge in [0, 0.05) is 5.54 Å². The molecule has 1 aromatic rings. The Balaban J connectivity index is 3.37. The van der Waals surface area contributed by atoms with Gasteiger partial charge in [0.25, 0.3) is 0 Å². The van der Waals surface area contributed by atoms with Crippen molar-refractivity contribution in [3.05, 3.63) is 28.3 Å². The minimum Gasteiger partial charge on any atom is -0.393 e. The number of sulfonamides is 1. The van der Waals surface area contributed by atoms with Crippen LogP contribution in [0.3, 0.4) is 0 Å². The van der Waals surface area contributed by atoms with Gasteiger partial charge in [-0.1, -0.05) is 19.9 Å². The Bertz CT molecular complexity index is 609. The van der Waals surface area contributed by atoms with Crippen LogP contribution in [0.1, 0.15) is 33.6 Å². The van der Waals surface area contributed by atoms with Crippen molar-refractivity contribution in [2.75, 3.05) is 5.73 Å². The molecule has 3 N–H and O–H groups in total. The van der Waals surface area contributed by atoms with Gasteiger partial charge >= 0.3 is 5.69 Å². The number of nitrogens with two attached hydrogens (primary N) is 1. The van der Waals surface area contributed by atoms with E-state index in [1.54, 1.807) is 6.92 Å². The zero-order valence-electron chi connectivity index (χ0n) is 11.7. The number of hydrogen-bond donors (Lipinski definition) is 2. The third-order valence-electron chi connectivity index (χ3n) is 3.44. The molecule has 7 nitrogen and oxygen atoms in total. The number of benzene rings is 1. The van der Waals surface area contributed by atoms with E-state index in [9.17, 15) is 18.5 Å². The van der Waals surface area contributed by atoms with Gasteiger partial charge < -0.3 is 5.73 Å². The van der Waals surface area contributed by atoms with E-state index in [-0.39, 0.29) is 5.69 Å². The highest BCUT2D eigenvalue weighted by Crippen LogP contribution is 2.30. The van der Waals surface area contributed by atoms with Gasteiger partial charge in [-0.25, -0.2) is 13.1 Å². The predicted molar refractivity (Wildman–Crippen MR) is 76.8 cm³/mol. The van der Waals surface area contributed by atoms with Crippen LogP contribution in [0.25, 0.3) is 0 Å². The first-order chi connectivity index (χ1) is 9.17. The summed E-state index contributed by atoms with van der Waals surface area (Å²) in [6.45, 7) is 5.45. The number of rotatable bonds is 6. The molecule has 8 heteroatoms. The molecular weight excluding hydrogens is 282 g/mol. The molecule has 1 rings (SSSR count). The molecule has 0 spiro atoms. The molecule has 0 saturated heterocycles. The van der Waals surface area contributed by atoms with E-state index in [1.165, 1.54) is 18.2 Å². The van der Waals surface area contributed by atoms with Crippen LogP contribution in [0.2, 0.25) is 0 Å². The summed E-state index contributed by atoms with van der Waals surface area (Å²) in [6, 6.07) is 3.87. The summed E-state index contributed by atoms with van der Waals surface area (Å²) in [5.74, 6) is 0. The highest BCUT2D eigenvalue weighted by molar-refractivity contribution is 7.89. The fraction of sp³-hybridized carbons (Fsp3) is 0.500. The largest absolute Gasteiger partial charge is 0.393 e. The van der Waals surface area contributed by atoms with Crippen molar-refractivity contribution in [1.29, 1.82) is 0 Å². The lowest BCUT2D eigenvalue weighted by Crippen LogP contribution is -2.44. The molecule has 20 heavy (non-hydrogen) atoms. The van der Waals surface area contributed by atoms with Crippen molar-refractivity contribution in [2.24, 2.45) is 0 Å². The van der Waals surface area contributed by atoms with E-state index in [1.807, 2.05) is 13.8 Å². The number of anilines is 1. The number of nitrogens with one attached hydrogen (secondary N) is 1. The van der Waals surface area contributed by atoms with E-state index >= 15 is 0 Å². The molecule has 0 saturated carbocycles. The second kappa shape index (κ2) is 5.76. The van der Waals surface area contributed by atoms with E-state index in [2.05, 4.69) is 4.72 Å². The van der Waals surface area contributed by atoms with E-state index in [0.29, 0.717) is 12.8 Å². The number of nitrogens with zero attached hydrogens (tertiary/aromatic N) is 1. The minimum atomic E-state index is -4.01. The molecule has 0 fully saturated rings. The summed E-state index contributed by atoms with van der Waals surface area (Å²) in [5, 5.41) is 11.0. The van der Waals surface area contributed by atoms with Gasteiger partial charge in [-0.3, -0.25) is 10.1 Å². The number of nitro benzene ring substituents is 1. The normalized spacial score (nSPS) is 12.3. The Hall–Kier alpha value is -1.67. The lowest BCUT2D eigenvalue weighted by molar-refractivity contribution is -0.386. The van der Waals surface area contributed by atoms with Crippen LogP contribution >= 0.6 is 0 Å². The van der Waals surface area contributed by atoms with Gasteiger partial charge in [0.2, 0.25) is 10.0 Å². The Morgan fingerprint density at radius 3 is 2.35 bits per heavy atom. The predicted octanol–water partition coefficient (Wildman–Crippen LogP) is 2.03. The summed E-state index contributed by atoms with van der Waals surface area (Å²) in [5.41, 5.74) is 4.10. The molecule has 0 aliphatic rings. The first-order valence-corrected chi connectivity index (χ1v) is 7.72. The number of para-hydroxylation sites is 1. The summed E-state index contributed by atoms with van der Waals surface area (Å²) >= 11 is 0. The van der Waals surface area contributed by atoms with E-state index in [4.69, 9.17) is 5.73 Å². The van der Waals surface area contributed by atoms with Gasteiger partial charge in [0.05, 0.1) is 4.92 Å². The highest BCUT2D eigenvalue weighted by Gasteiger charge is 2.33. The number of hydrogen-bond acceptors (Lipinski definition) is 5. The third kappa shape index (κ3) is 3.26. The highest BCUT2D eigenvalue weighted by atomic mass is 32.2. The summed E-state index contributed by atoms with van der Waals surface area (Å²) < 4.78 is 27.3. The fourth-order valence-corrected chi connectivity index (χ4v) is 3.48. The van der Waals surface area contributed by atoms with Crippen LogP contribution in [-0.2, 0) is 10.0 Å². The lowest BCUT2D eigenvalue weighted by Gasteiger charge is -2.27. The molecule has 0 unspecified atom stereocenters. The van der Waals surface area contributed by atoms with Crippen LogP contribution in [0.15, 0.2) is 23.1 Å². The van der Waals surface area contributed by atoms with Crippen molar-refractivity contribution < 1.29 is 13.3 Å². The van der Waals surface area contributed by atoms with Gasteiger partial charge in [-0.15, -0.1) is 0 Å². The molecular formula is C12H19N3O4S. The monoisotopic (exact) mass is 301 g/mol. The van der Waals surface area contributed by atoms with Gasteiger partial charge in [-0.2, -0.15) is 0 Å². The van der Waals surface area contributed by atoms with Gasteiger partial charge in [0.15, 0.2) is 4.90 Å². The Labute approximate surface area is 118 Å². The summed E-state index contributed by atoms with van der Waals surface area (Å²) in [6.07, 6.45) is 1.14. The number of nitro groups is 1. The molecule has 112 valence electrons. The van der Waals surface area contributed by atoms with Crippen molar-refractivity contribution >= 4 is 21.4 Å². The Morgan fingerprint density at radius 1 is 1.35 bits per heavy atom. The molecule has 1 aromatic carbocycles. The SMILES string of the molecule is CCC(C)(CC)NS(=O)(=O)c1cccc(N)c1[N+](=O)[O-]. The Kier molecular flexibility index (Phi) is 4.72. The van der Waals surface area contributed by atoms with Gasteiger partial charge in [-0.05, 0) is 31.9 Å². The molecule has 0 radical (unpaired) electrons. The van der Waals surface area contributed by atoms with Crippen LogP contribution in [0, 0.1) is 10.1 Å². The van der Waals surface area contributed by atoms with Crippen LogP contribution < -0.4 is 10.5 Å². The third-order valence-corrected chi connectivity index (χ3v) is 5.11. The molecule has 0 aliphatic heterocycles. The Morgan fingerprint density at radius 2 is 1.90 bits per heavy atom. The zero-order valence-corrected chi connectivity index (χ0v) is 12.5. The number of nitrogen functional groups attached to an aromatic ring is 1. The second-order valence-electron chi connectivity index (χ2n) is 4.82. The summed E-state index contributed by atoms with van der Waals surface area (Å²) in [7, 11) is -4.01. The fourth-order valence-electron chi connectivity index (χ4n) is 1.73. The lowest BCUT2D eigenvalue weighted by atomic mass is 9.98. The van der Waals surface area contributed by atoms with E-state index < -0.39 is 31.1 Å². The zero-order chi connectivity index (χ0) is 15.6. The minimum absolute atomic E-state index is 0.174. The quantitative estimate of drug-likeness (QED) is 0.474. The second-order valence-corrected chi connectivity index (χ2v) is 6.48. The smallest absolute Gasteiger partial charge is 0.312 e. The van der Waals surface area contributed by atoms with Crippen molar-refractivity contribution in [1.82, 2.24) is 4.72 Å².